The number of hydrogen-bond donors (Lipinski definition) is 1. The number of nitrogens with zero attached hydrogens (tertiary/aromatic N) is 2. The third-order valence-corrected chi connectivity index (χ3v) is 5.68. The number of ether oxygens (including phenoxy) is 1. The molecule has 0 aliphatic rings. The maximum Gasteiger partial charge on any atom is 0.321 e. The number of aryl methyl sites for hydroxylation is 1. The second kappa shape index (κ2) is 8.21. The molecule has 0 saturated carbocycles. The van der Waals surface area contributed by atoms with E-state index in [-0.39, 0.29) is 22.8 Å². The number of carbonyl (C=O) groups excluding carboxylic acids is 1. The molecule has 1 N–H and O–H groups in total. The van der Waals surface area contributed by atoms with Gasteiger partial charge in [-0.05, 0) is 47.1 Å². The molecule has 8 nitrogen and oxygen atoms in total. The highest BCUT2D eigenvalue weighted by molar-refractivity contribution is 9.10. The Kier molecular flexibility index (Phi) is 5.92. The van der Waals surface area contributed by atoms with Crippen molar-refractivity contribution >= 4 is 37.6 Å². The van der Waals surface area contributed by atoms with E-state index in [1.807, 2.05) is 6.92 Å². The van der Waals surface area contributed by atoms with Gasteiger partial charge in [-0.3, -0.25) is 14.0 Å². The van der Waals surface area contributed by atoms with Crippen molar-refractivity contribution in [3.05, 3.63) is 74.7 Å². The number of carbonyl (C=O) groups is 1. The first kappa shape index (κ1) is 20.2. The quantitative estimate of drug-likeness (QED) is 0.556. The number of aromatic nitrogens is 2. The smallest absolute Gasteiger partial charge is 0.321 e. The Bertz CT molecular complexity index is 1190. The summed E-state index contributed by atoms with van der Waals surface area (Å²) in [4.78, 5) is 28.3. The van der Waals surface area contributed by atoms with E-state index in [1.54, 1.807) is 30.5 Å². The number of esters is 1. The van der Waals surface area contributed by atoms with Crippen molar-refractivity contribution in [2.75, 3.05) is 6.54 Å². The third-order valence-electron chi connectivity index (χ3n) is 3.80. The number of nitrogens with one attached hydrogen (secondary N) is 1. The van der Waals surface area contributed by atoms with Crippen LogP contribution < -0.4 is 10.3 Å². The predicted molar refractivity (Wildman–Crippen MR) is 105 cm³/mol. The lowest BCUT2D eigenvalue weighted by Crippen LogP contribution is -2.30. The molecule has 146 valence electrons. The molecule has 1 aromatic carbocycles. The highest BCUT2D eigenvalue weighted by Gasteiger charge is 2.16. The number of sulfonamides is 1. The number of rotatable bonds is 6. The van der Waals surface area contributed by atoms with Crippen LogP contribution in [0.3, 0.4) is 0 Å². The number of hydrogen-bond acceptors (Lipinski definition) is 6. The monoisotopic (exact) mass is 465 g/mol. The minimum atomic E-state index is -3.82. The molecule has 0 amide bonds. The normalized spacial score (nSPS) is 11.5. The highest BCUT2D eigenvalue weighted by Crippen LogP contribution is 2.11. The van der Waals surface area contributed by atoms with E-state index in [2.05, 4.69) is 25.6 Å². The Morgan fingerprint density at radius 2 is 1.93 bits per heavy atom. The fraction of sp³-hybridized carbons (Fsp3) is 0.167. The Morgan fingerprint density at radius 3 is 2.64 bits per heavy atom. The summed E-state index contributed by atoms with van der Waals surface area (Å²) in [6.45, 7) is 1.06. The zero-order valence-corrected chi connectivity index (χ0v) is 17.2. The lowest BCUT2D eigenvalue weighted by atomic mass is 10.2. The van der Waals surface area contributed by atoms with Crippen LogP contribution in [-0.2, 0) is 26.2 Å². The lowest BCUT2D eigenvalue weighted by Gasteiger charge is -2.08. The Hall–Kier alpha value is -2.56. The molecule has 0 aliphatic carbocycles. The summed E-state index contributed by atoms with van der Waals surface area (Å²) in [6.07, 6.45) is 1.58. The summed E-state index contributed by atoms with van der Waals surface area (Å²) in [5.41, 5.74) is 1.27. The third kappa shape index (κ3) is 4.83. The molecule has 3 rings (SSSR count). The molecule has 2 heterocycles. The van der Waals surface area contributed by atoms with Gasteiger partial charge in [0.15, 0.2) is 0 Å². The summed E-state index contributed by atoms with van der Waals surface area (Å²) in [5.74, 6) is -0.784. The van der Waals surface area contributed by atoms with Crippen LogP contribution in [-0.4, -0.2) is 30.3 Å². The van der Waals surface area contributed by atoms with Gasteiger partial charge in [-0.2, -0.15) is 4.72 Å². The lowest BCUT2D eigenvalue weighted by molar-refractivity contribution is -0.143. The first-order chi connectivity index (χ1) is 13.2. The van der Waals surface area contributed by atoms with E-state index in [9.17, 15) is 18.0 Å². The molecule has 0 saturated heterocycles. The van der Waals surface area contributed by atoms with E-state index in [1.165, 1.54) is 22.6 Å². The van der Waals surface area contributed by atoms with Crippen molar-refractivity contribution in [1.29, 1.82) is 0 Å². The topological polar surface area (TPSA) is 107 Å². The first-order valence-corrected chi connectivity index (χ1v) is 10.4. The molecule has 10 heteroatoms. The number of fused-ring (bicyclic) bond motifs is 1. The summed E-state index contributed by atoms with van der Waals surface area (Å²) in [6, 6.07) is 10.9. The van der Waals surface area contributed by atoms with Crippen LogP contribution in [0.5, 0.6) is 0 Å². The molecule has 0 bridgehead atoms. The van der Waals surface area contributed by atoms with Crippen LogP contribution in [0.4, 0.5) is 0 Å². The average molecular weight is 466 g/mol. The van der Waals surface area contributed by atoms with Crippen LogP contribution in [0, 0.1) is 6.92 Å². The van der Waals surface area contributed by atoms with Crippen molar-refractivity contribution in [1.82, 2.24) is 14.1 Å². The Balaban J connectivity index is 1.61. The van der Waals surface area contributed by atoms with Gasteiger partial charge in [0, 0.05) is 16.7 Å². The van der Waals surface area contributed by atoms with Gasteiger partial charge in [0.2, 0.25) is 10.0 Å². The van der Waals surface area contributed by atoms with Crippen molar-refractivity contribution in [2.45, 2.75) is 18.4 Å². The van der Waals surface area contributed by atoms with Crippen LogP contribution in [0.2, 0.25) is 0 Å². The van der Waals surface area contributed by atoms with E-state index in [4.69, 9.17) is 4.74 Å². The fourth-order valence-electron chi connectivity index (χ4n) is 2.36. The maximum absolute atomic E-state index is 12.2. The minimum Gasteiger partial charge on any atom is -0.458 e. The molecule has 0 aliphatic heterocycles. The van der Waals surface area contributed by atoms with Gasteiger partial charge in [-0.1, -0.05) is 17.7 Å². The van der Waals surface area contributed by atoms with Crippen molar-refractivity contribution < 1.29 is 17.9 Å². The van der Waals surface area contributed by atoms with Crippen LogP contribution >= 0.6 is 15.9 Å². The van der Waals surface area contributed by atoms with Gasteiger partial charge < -0.3 is 4.74 Å². The molecule has 0 spiro atoms. The molecule has 28 heavy (non-hydrogen) atoms. The zero-order valence-electron chi connectivity index (χ0n) is 14.8. The van der Waals surface area contributed by atoms with Crippen molar-refractivity contribution in [3.8, 4) is 0 Å². The second-order valence-electron chi connectivity index (χ2n) is 5.96. The molecule has 0 fully saturated rings. The van der Waals surface area contributed by atoms with Gasteiger partial charge in [0.1, 0.15) is 18.8 Å². The van der Waals surface area contributed by atoms with Crippen LogP contribution in [0.1, 0.15) is 11.3 Å². The molecule has 0 unspecified atom stereocenters. The van der Waals surface area contributed by atoms with E-state index < -0.39 is 22.5 Å². The Morgan fingerprint density at radius 1 is 1.21 bits per heavy atom. The van der Waals surface area contributed by atoms with Crippen molar-refractivity contribution in [3.63, 3.8) is 0 Å². The minimum absolute atomic E-state index is 0.0567. The van der Waals surface area contributed by atoms with E-state index >= 15 is 0 Å². The van der Waals surface area contributed by atoms with Gasteiger partial charge >= 0.3 is 5.97 Å². The first-order valence-electron chi connectivity index (χ1n) is 8.14. The molecular weight excluding hydrogens is 450 g/mol. The summed E-state index contributed by atoms with van der Waals surface area (Å²) in [5, 5.41) is 0. The number of halogens is 1. The van der Waals surface area contributed by atoms with Crippen LogP contribution in [0.25, 0.3) is 5.65 Å². The molecule has 3 aromatic rings. The highest BCUT2D eigenvalue weighted by atomic mass is 79.9. The van der Waals surface area contributed by atoms with Crippen molar-refractivity contribution in [2.24, 2.45) is 0 Å². The molecule has 0 atom stereocenters. The Labute approximate surface area is 169 Å². The second-order valence-corrected chi connectivity index (χ2v) is 8.64. The fourth-order valence-corrected chi connectivity index (χ4v) is 3.67. The average Bonchev–Trinajstić information content (AvgIpc) is 2.66. The standard InChI is InChI=1S/C18H16BrN3O5S/c1-12-2-5-15(6-3-12)28(25,26)20-9-18(24)27-11-14-8-17(23)22-10-13(19)4-7-16(22)21-14/h2-8,10,20H,9,11H2,1H3. The van der Waals surface area contributed by atoms with Crippen LogP contribution in [0.15, 0.2) is 62.8 Å². The SMILES string of the molecule is Cc1ccc(S(=O)(=O)NCC(=O)OCc2cc(=O)n3cc(Br)ccc3n2)cc1. The van der Waals surface area contributed by atoms with Gasteiger partial charge in [0.25, 0.3) is 5.56 Å². The maximum atomic E-state index is 12.2. The van der Waals surface area contributed by atoms with E-state index in [0.717, 1.165) is 10.0 Å². The predicted octanol–water partition coefficient (Wildman–Crippen LogP) is 1.79. The molecule has 0 radical (unpaired) electrons. The number of benzene rings is 1. The summed E-state index contributed by atoms with van der Waals surface area (Å²) < 4.78 is 33.6. The van der Waals surface area contributed by atoms with Gasteiger partial charge in [-0.15, -0.1) is 0 Å². The number of pyridine rings is 1. The zero-order chi connectivity index (χ0) is 20.3. The van der Waals surface area contributed by atoms with E-state index in [0.29, 0.717) is 5.65 Å². The molecular formula is C18H16BrN3O5S. The summed E-state index contributed by atoms with van der Waals surface area (Å²) >= 11 is 3.28. The van der Waals surface area contributed by atoms with Gasteiger partial charge in [0.05, 0.1) is 10.6 Å². The van der Waals surface area contributed by atoms with Gasteiger partial charge in [-0.25, -0.2) is 13.4 Å². The largest absolute Gasteiger partial charge is 0.458 e. The molecule has 2 aromatic heterocycles. The summed E-state index contributed by atoms with van der Waals surface area (Å²) in [7, 11) is -3.82.